The number of pyridine rings is 1. The number of nitriles is 1. The third-order valence-corrected chi connectivity index (χ3v) is 1.88. The van der Waals surface area contributed by atoms with E-state index in [0.29, 0.717) is 6.54 Å². The lowest BCUT2D eigenvalue weighted by atomic mass is 10.3. The molecule has 0 N–H and O–H groups in total. The van der Waals surface area contributed by atoms with Gasteiger partial charge in [-0.15, -0.1) is 0 Å². The van der Waals surface area contributed by atoms with E-state index in [-0.39, 0.29) is 0 Å². The van der Waals surface area contributed by atoms with Gasteiger partial charge in [0.25, 0.3) is 0 Å². The van der Waals surface area contributed by atoms with E-state index in [1.165, 1.54) is 0 Å². The Morgan fingerprint density at radius 3 is 3.07 bits per heavy atom. The molecule has 0 bridgehead atoms. The van der Waals surface area contributed by atoms with E-state index < -0.39 is 0 Å². The highest BCUT2D eigenvalue weighted by Gasteiger charge is 2.04. The summed E-state index contributed by atoms with van der Waals surface area (Å²) in [6, 6.07) is 5.85. The van der Waals surface area contributed by atoms with Gasteiger partial charge in [-0.3, -0.25) is 4.98 Å². The minimum absolute atomic E-state index is 0.310. The van der Waals surface area contributed by atoms with Crippen molar-refractivity contribution in [1.29, 1.82) is 5.26 Å². The maximum atomic E-state index is 8.60. The molecule has 68 valence electrons. The Hall–Kier alpha value is -2.15. The van der Waals surface area contributed by atoms with Crippen molar-refractivity contribution in [3.05, 3.63) is 36.9 Å². The van der Waals surface area contributed by atoms with Gasteiger partial charge in [0.2, 0.25) is 0 Å². The minimum Gasteiger partial charge on any atom is -0.317 e. The second-order valence-corrected chi connectivity index (χ2v) is 2.78. The van der Waals surface area contributed by atoms with Gasteiger partial charge in [-0.2, -0.15) is 5.26 Å². The van der Waals surface area contributed by atoms with Crippen LogP contribution < -0.4 is 0 Å². The summed E-state index contributed by atoms with van der Waals surface area (Å²) in [4.78, 5) is 8.18. The Labute approximate surface area is 81.5 Å². The molecule has 2 aromatic heterocycles. The summed E-state index contributed by atoms with van der Waals surface area (Å²) >= 11 is 0. The standard InChI is InChI=1S/C10H8N4/c11-3-6-14-7-5-13-10(14)9-2-1-4-12-8-9/h1-2,4-5,7-8H,6H2. The number of nitrogens with zero attached hydrogens (tertiary/aromatic N) is 4. The first-order valence-electron chi connectivity index (χ1n) is 4.20. The quantitative estimate of drug-likeness (QED) is 0.710. The fraction of sp³-hybridized carbons (Fsp3) is 0.100. The molecule has 0 saturated heterocycles. The Balaban J connectivity index is 2.43. The lowest BCUT2D eigenvalue weighted by Gasteiger charge is -2.01. The van der Waals surface area contributed by atoms with Crippen molar-refractivity contribution in [3.8, 4) is 17.5 Å². The van der Waals surface area contributed by atoms with Crippen molar-refractivity contribution in [2.75, 3.05) is 0 Å². The van der Waals surface area contributed by atoms with Crippen molar-refractivity contribution in [2.24, 2.45) is 0 Å². The molecular weight excluding hydrogens is 176 g/mol. The Morgan fingerprint density at radius 1 is 1.43 bits per heavy atom. The third kappa shape index (κ3) is 1.48. The van der Waals surface area contributed by atoms with Crippen LogP contribution in [0.3, 0.4) is 0 Å². The zero-order valence-electron chi connectivity index (χ0n) is 7.46. The second kappa shape index (κ2) is 3.71. The molecule has 2 heterocycles. The van der Waals surface area contributed by atoms with Crippen LogP contribution in [0.1, 0.15) is 0 Å². The molecule has 2 aromatic rings. The molecule has 2 rings (SSSR count). The van der Waals surface area contributed by atoms with Crippen LogP contribution in [0, 0.1) is 11.3 Å². The highest BCUT2D eigenvalue weighted by molar-refractivity contribution is 5.53. The minimum atomic E-state index is 0.310. The van der Waals surface area contributed by atoms with E-state index in [9.17, 15) is 0 Å². The summed E-state index contributed by atoms with van der Waals surface area (Å²) in [7, 11) is 0. The molecule has 0 aliphatic rings. The smallest absolute Gasteiger partial charge is 0.142 e. The van der Waals surface area contributed by atoms with E-state index in [1.807, 2.05) is 12.1 Å². The number of imidazole rings is 1. The molecule has 0 radical (unpaired) electrons. The largest absolute Gasteiger partial charge is 0.317 e. The van der Waals surface area contributed by atoms with Crippen LogP contribution in [0.15, 0.2) is 36.9 Å². The molecule has 4 nitrogen and oxygen atoms in total. The summed E-state index contributed by atoms with van der Waals surface area (Å²) in [5, 5.41) is 8.60. The van der Waals surface area contributed by atoms with E-state index >= 15 is 0 Å². The Morgan fingerprint density at radius 2 is 2.36 bits per heavy atom. The van der Waals surface area contributed by atoms with Crippen molar-refractivity contribution in [1.82, 2.24) is 14.5 Å². The molecule has 0 amide bonds. The van der Waals surface area contributed by atoms with Gasteiger partial charge in [-0.25, -0.2) is 4.98 Å². The molecule has 0 aromatic carbocycles. The lowest BCUT2D eigenvalue weighted by molar-refractivity contribution is 0.840. The average Bonchev–Trinajstić information content (AvgIpc) is 2.68. The van der Waals surface area contributed by atoms with Gasteiger partial charge in [0.15, 0.2) is 0 Å². The first kappa shape index (κ1) is 8.45. The van der Waals surface area contributed by atoms with E-state index in [4.69, 9.17) is 5.26 Å². The van der Waals surface area contributed by atoms with Crippen molar-refractivity contribution >= 4 is 0 Å². The highest BCUT2D eigenvalue weighted by atomic mass is 15.1. The Bertz CT molecular complexity index is 452. The molecule has 0 aliphatic heterocycles. The number of hydrogen-bond acceptors (Lipinski definition) is 3. The van der Waals surface area contributed by atoms with E-state index in [1.54, 1.807) is 29.4 Å². The number of hydrogen-bond donors (Lipinski definition) is 0. The molecule has 0 fully saturated rings. The molecule has 14 heavy (non-hydrogen) atoms. The highest BCUT2D eigenvalue weighted by Crippen LogP contribution is 2.14. The van der Waals surface area contributed by atoms with Crippen LogP contribution >= 0.6 is 0 Å². The fourth-order valence-electron chi connectivity index (χ4n) is 1.27. The van der Waals surface area contributed by atoms with Crippen LogP contribution in [0.2, 0.25) is 0 Å². The van der Waals surface area contributed by atoms with Gasteiger partial charge in [0.1, 0.15) is 12.4 Å². The molecule has 4 heteroatoms. The van der Waals surface area contributed by atoms with Gasteiger partial charge < -0.3 is 4.57 Å². The first-order chi connectivity index (χ1) is 6.92. The zero-order chi connectivity index (χ0) is 9.80. The third-order valence-electron chi connectivity index (χ3n) is 1.88. The number of aromatic nitrogens is 3. The molecule has 0 atom stereocenters. The maximum absolute atomic E-state index is 8.60. The van der Waals surface area contributed by atoms with Gasteiger partial charge in [-0.1, -0.05) is 0 Å². The molecule has 0 unspecified atom stereocenters. The monoisotopic (exact) mass is 184 g/mol. The van der Waals surface area contributed by atoms with E-state index in [2.05, 4.69) is 16.0 Å². The summed E-state index contributed by atoms with van der Waals surface area (Å²) in [5.74, 6) is 0.777. The summed E-state index contributed by atoms with van der Waals surface area (Å²) in [5.41, 5.74) is 0.924. The number of rotatable bonds is 2. The average molecular weight is 184 g/mol. The first-order valence-corrected chi connectivity index (χ1v) is 4.20. The van der Waals surface area contributed by atoms with Gasteiger partial charge in [0, 0.05) is 30.4 Å². The topological polar surface area (TPSA) is 54.5 Å². The van der Waals surface area contributed by atoms with Crippen LogP contribution in [-0.2, 0) is 6.54 Å². The predicted molar refractivity (Wildman–Crippen MR) is 51.1 cm³/mol. The van der Waals surface area contributed by atoms with Crippen molar-refractivity contribution < 1.29 is 0 Å². The fourth-order valence-corrected chi connectivity index (χ4v) is 1.27. The zero-order valence-corrected chi connectivity index (χ0v) is 7.46. The molecular formula is C10H8N4. The molecule has 0 spiro atoms. The summed E-state index contributed by atoms with van der Waals surface area (Å²) in [6.07, 6.45) is 6.91. The van der Waals surface area contributed by atoms with Gasteiger partial charge in [0.05, 0.1) is 6.07 Å². The van der Waals surface area contributed by atoms with Crippen molar-refractivity contribution in [3.63, 3.8) is 0 Å². The summed E-state index contributed by atoms with van der Waals surface area (Å²) < 4.78 is 1.79. The molecule has 0 saturated carbocycles. The SMILES string of the molecule is N#CCn1ccnc1-c1cccnc1. The Kier molecular flexibility index (Phi) is 2.24. The molecule has 0 aliphatic carbocycles. The predicted octanol–water partition coefficient (Wildman–Crippen LogP) is 1.47. The maximum Gasteiger partial charge on any atom is 0.142 e. The van der Waals surface area contributed by atoms with Gasteiger partial charge in [-0.05, 0) is 12.1 Å². The second-order valence-electron chi connectivity index (χ2n) is 2.78. The van der Waals surface area contributed by atoms with Crippen LogP contribution in [0.4, 0.5) is 0 Å². The van der Waals surface area contributed by atoms with E-state index in [0.717, 1.165) is 11.4 Å². The van der Waals surface area contributed by atoms with Gasteiger partial charge >= 0.3 is 0 Å². The van der Waals surface area contributed by atoms with Crippen molar-refractivity contribution in [2.45, 2.75) is 6.54 Å². The normalized spacial score (nSPS) is 9.64. The van der Waals surface area contributed by atoms with Crippen LogP contribution in [-0.4, -0.2) is 14.5 Å². The van der Waals surface area contributed by atoms with Crippen LogP contribution in [0.25, 0.3) is 11.4 Å². The van der Waals surface area contributed by atoms with Crippen LogP contribution in [0.5, 0.6) is 0 Å². The lowest BCUT2D eigenvalue weighted by Crippen LogP contribution is -1.97. The summed E-state index contributed by atoms with van der Waals surface area (Å²) in [6.45, 7) is 0.310.